The Morgan fingerprint density at radius 2 is 1.83 bits per heavy atom. The predicted molar refractivity (Wildman–Crippen MR) is 87.4 cm³/mol. The zero-order valence-corrected chi connectivity index (χ0v) is 14.6. The summed E-state index contributed by atoms with van der Waals surface area (Å²) >= 11 is 5.74. The van der Waals surface area contributed by atoms with Crippen LogP contribution in [0.2, 0.25) is 5.15 Å². The van der Waals surface area contributed by atoms with Crippen molar-refractivity contribution in [3.05, 3.63) is 34.0 Å². The van der Waals surface area contributed by atoms with Gasteiger partial charge in [-0.2, -0.15) is 13.2 Å². The van der Waals surface area contributed by atoms with Gasteiger partial charge in [-0.3, -0.25) is 0 Å². The predicted octanol–water partition coefficient (Wildman–Crippen LogP) is 3.73. The molecule has 0 aromatic carbocycles. The molecule has 1 aromatic rings. The molecule has 4 nitrogen and oxygen atoms in total. The molecule has 1 aliphatic rings. The van der Waals surface area contributed by atoms with Crippen LogP contribution >= 0.6 is 11.6 Å². The van der Waals surface area contributed by atoms with Crippen LogP contribution in [0.25, 0.3) is 6.08 Å². The van der Waals surface area contributed by atoms with E-state index in [1.165, 1.54) is 6.08 Å². The van der Waals surface area contributed by atoms with Crippen molar-refractivity contribution in [1.29, 1.82) is 0 Å². The lowest BCUT2D eigenvalue weighted by atomic mass is 9.77. The highest BCUT2D eigenvalue weighted by atomic mass is 35.5. The summed E-state index contributed by atoms with van der Waals surface area (Å²) in [5.74, 6) is 0. The number of hydrogen-bond acceptors (Lipinski definition) is 4. The summed E-state index contributed by atoms with van der Waals surface area (Å²) in [5.41, 5.74) is 3.85. The summed E-state index contributed by atoms with van der Waals surface area (Å²) in [5, 5.41) is -0.0421. The Kier molecular flexibility index (Phi) is 5.08. The third-order valence-electron chi connectivity index (χ3n) is 4.34. The molecule has 2 N–H and O–H groups in total. The topological polar surface area (TPSA) is 57.4 Å². The van der Waals surface area contributed by atoms with E-state index >= 15 is 0 Å². The molecule has 132 valence electrons. The lowest BCUT2D eigenvalue weighted by molar-refractivity contribution is -0.138. The van der Waals surface area contributed by atoms with Crippen LogP contribution in [0.15, 0.2) is 17.7 Å². The fraction of sp³-hybridized carbons (Fsp3) is 0.533. The first-order valence-electron chi connectivity index (χ1n) is 7.36. The van der Waals surface area contributed by atoms with E-state index in [-0.39, 0.29) is 17.3 Å². The minimum Gasteiger partial charge on any atom is -0.400 e. The van der Waals surface area contributed by atoms with Crippen LogP contribution in [0.1, 0.15) is 38.8 Å². The second-order valence-electron chi connectivity index (χ2n) is 6.60. The van der Waals surface area contributed by atoms with E-state index in [2.05, 4.69) is 4.98 Å². The molecule has 0 unspecified atom stereocenters. The normalized spacial score (nSPS) is 20.5. The molecule has 0 amide bonds. The van der Waals surface area contributed by atoms with E-state index in [0.717, 1.165) is 6.07 Å². The average Bonchev–Trinajstić information content (AvgIpc) is 2.63. The molecule has 0 atom stereocenters. The quantitative estimate of drug-likeness (QED) is 0.657. The minimum absolute atomic E-state index is 0.0198. The van der Waals surface area contributed by atoms with Crippen molar-refractivity contribution in [2.75, 3.05) is 6.54 Å². The highest BCUT2D eigenvalue weighted by Crippen LogP contribution is 2.39. The van der Waals surface area contributed by atoms with Gasteiger partial charge in [0, 0.05) is 12.7 Å². The first kappa shape index (κ1) is 19.2. The molecule has 0 bridgehead atoms. The Bertz CT molecular complexity index is 647. The van der Waals surface area contributed by atoms with Gasteiger partial charge in [-0.25, -0.2) is 4.98 Å². The van der Waals surface area contributed by atoms with Crippen molar-refractivity contribution >= 4 is 24.8 Å². The summed E-state index contributed by atoms with van der Waals surface area (Å²) < 4.78 is 51.1. The lowest BCUT2D eigenvalue weighted by Crippen LogP contribution is -2.41. The van der Waals surface area contributed by atoms with Crippen LogP contribution in [-0.4, -0.2) is 29.8 Å². The van der Waals surface area contributed by atoms with Crippen molar-refractivity contribution in [1.82, 2.24) is 4.98 Å². The van der Waals surface area contributed by atoms with Crippen molar-refractivity contribution in [3.63, 3.8) is 0 Å². The van der Waals surface area contributed by atoms with Gasteiger partial charge in [0.25, 0.3) is 0 Å². The molecule has 9 heteroatoms. The van der Waals surface area contributed by atoms with Crippen LogP contribution in [0, 0.1) is 0 Å². The molecule has 1 fully saturated rings. The van der Waals surface area contributed by atoms with E-state index in [4.69, 9.17) is 26.6 Å². The number of pyridine rings is 1. The molecule has 2 rings (SSSR count). The molecule has 1 aromatic heterocycles. The molecule has 0 radical (unpaired) electrons. The molecular formula is C15H19BClF3N2O2. The van der Waals surface area contributed by atoms with Crippen molar-refractivity contribution in [2.24, 2.45) is 5.73 Å². The zero-order chi connectivity index (χ0) is 18.3. The van der Waals surface area contributed by atoms with Gasteiger partial charge < -0.3 is 15.0 Å². The fourth-order valence-electron chi connectivity index (χ4n) is 2.22. The maximum Gasteiger partial charge on any atom is 0.491 e. The number of nitrogens with two attached hydrogens (primary N) is 1. The summed E-state index contributed by atoms with van der Waals surface area (Å²) in [7, 11) is -0.826. The third kappa shape index (κ3) is 3.77. The Morgan fingerprint density at radius 1 is 1.29 bits per heavy atom. The molecule has 0 saturated carbocycles. The van der Waals surface area contributed by atoms with Crippen LogP contribution in [0.4, 0.5) is 13.2 Å². The minimum atomic E-state index is -4.56. The van der Waals surface area contributed by atoms with Crippen LogP contribution < -0.4 is 5.73 Å². The summed E-state index contributed by atoms with van der Waals surface area (Å²) in [6.45, 7) is 7.39. The van der Waals surface area contributed by atoms with Gasteiger partial charge >= 0.3 is 13.3 Å². The van der Waals surface area contributed by atoms with Crippen molar-refractivity contribution < 1.29 is 22.5 Å². The molecule has 2 heterocycles. The number of aromatic nitrogens is 1. The standard InChI is InChI=1S/C15H19BClF3N2O2/c1-13(2)14(3,4)24-16(23-13)10(7-21)5-9-6-12(17)22-8-11(9)15(18,19)20/h5-6,8H,7,21H2,1-4H3. The number of rotatable bonds is 3. The molecule has 0 spiro atoms. The van der Waals surface area contributed by atoms with E-state index in [1.807, 2.05) is 27.7 Å². The number of alkyl halides is 3. The lowest BCUT2D eigenvalue weighted by Gasteiger charge is -2.32. The third-order valence-corrected chi connectivity index (χ3v) is 4.55. The van der Waals surface area contributed by atoms with E-state index in [9.17, 15) is 13.2 Å². The summed E-state index contributed by atoms with van der Waals surface area (Å²) in [6, 6.07) is 1.14. The van der Waals surface area contributed by atoms with Gasteiger partial charge in [0.05, 0.1) is 16.8 Å². The maximum atomic E-state index is 13.2. The average molecular weight is 363 g/mol. The van der Waals surface area contributed by atoms with E-state index in [1.54, 1.807) is 0 Å². The Morgan fingerprint density at radius 3 is 2.29 bits per heavy atom. The molecular weight excluding hydrogens is 343 g/mol. The summed E-state index contributed by atoms with van der Waals surface area (Å²) in [4.78, 5) is 3.51. The number of halogens is 4. The van der Waals surface area contributed by atoms with Gasteiger partial charge in [0.2, 0.25) is 0 Å². The van der Waals surface area contributed by atoms with E-state index < -0.39 is 30.1 Å². The number of nitrogens with zero attached hydrogens (tertiary/aromatic N) is 1. The Labute approximate surface area is 144 Å². The maximum absolute atomic E-state index is 13.2. The molecule has 24 heavy (non-hydrogen) atoms. The van der Waals surface area contributed by atoms with E-state index in [0.29, 0.717) is 11.7 Å². The van der Waals surface area contributed by atoms with Gasteiger partial charge in [0.15, 0.2) is 0 Å². The highest BCUT2D eigenvalue weighted by Gasteiger charge is 2.52. The molecule has 0 aliphatic carbocycles. The number of hydrogen-bond donors (Lipinski definition) is 1. The second kappa shape index (κ2) is 6.33. The SMILES string of the molecule is CC1(C)OB(C(=Cc2cc(Cl)ncc2C(F)(F)F)CN)OC1(C)C. The van der Waals surface area contributed by atoms with Crippen molar-refractivity contribution in [2.45, 2.75) is 45.1 Å². The molecule has 1 aliphatic heterocycles. The smallest absolute Gasteiger partial charge is 0.400 e. The zero-order valence-electron chi connectivity index (χ0n) is 13.9. The molecule has 1 saturated heterocycles. The van der Waals surface area contributed by atoms with Crippen LogP contribution in [0.3, 0.4) is 0 Å². The van der Waals surface area contributed by atoms with Gasteiger partial charge in [-0.05, 0) is 44.8 Å². The van der Waals surface area contributed by atoms with Gasteiger partial charge in [-0.15, -0.1) is 0 Å². The largest absolute Gasteiger partial charge is 0.491 e. The second-order valence-corrected chi connectivity index (χ2v) is 6.99. The highest BCUT2D eigenvalue weighted by molar-refractivity contribution is 6.56. The van der Waals surface area contributed by atoms with Crippen LogP contribution in [0.5, 0.6) is 0 Å². The fourth-order valence-corrected chi connectivity index (χ4v) is 2.38. The van der Waals surface area contributed by atoms with Crippen molar-refractivity contribution in [3.8, 4) is 0 Å². The monoisotopic (exact) mass is 362 g/mol. The first-order chi connectivity index (χ1) is 10.9. The first-order valence-corrected chi connectivity index (χ1v) is 7.74. The van der Waals surface area contributed by atoms with Crippen LogP contribution in [-0.2, 0) is 15.5 Å². The van der Waals surface area contributed by atoms with Gasteiger partial charge in [-0.1, -0.05) is 17.7 Å². The Hall–Kier alpha value is -1.09. The summed E-state index contributed by atoms with van der Waals surface area (Å²) in [6.07, 6.45) is -2.55. The Balaban J connectivity index is 2.44. The van der Waals surface area contributed by atoms with Gasteiger partial charge in [0.1, 0.15) is 5.15 Å².